The summed E-state index contributed by atoms with van der Waals surface area (Å²) < 4.78 is 6.87. The lowest BCUT2D eigenvalue weighted by Crippen LogP contribution is -2.19. The molecule has 2 nitrogen and oxygen atoms in total. The van der Waals surface area contributed by atoms with E-state index in [0.29, 0.717) is 22.2 Å². The second-order valence-electron chi connectivity index (χ2n) is 4.74. The van der Waals surface area contributed by atoms with Gasteiger partial charge in [-0.25, -0.2) is 0 Å². The van der Waals surface area contributed by atoms with Gasteiger partial charge in [0.1, 0.15) is 11.9 Å². The van der Waals surface area contributed by atoms with Crippen molar-refractivity contribution in [3.05, 3.63) is 62.0 Å². The average Bonchev–Trinajstić information content (AvgIpc) is 2.38. The van der Waals surface area contributed by atoms with Crippen LogP contribution in [0.1, 0.15) is 29.8 Å². The molecular weight excluding hydrogens is 363 g/mol. The van der Waals surface area contributed by atoms with Crippen LogP contribution in [-0.2, 0) is 0 Å². The summed E-state index contributed by atoms with van der Waals surface area (Å²) in [6.45, 7) is 0. The Morgan fingerprint density at radius 3 is 2.50 bits per heavy atom. The van der Waals surface area contributed by atoms with Gasteiger partial charge < -0.3 is 9.84 Å². The molecule has 1 aliphatic rings. The van der Waals surface area contributed by atoms with Gasteiger partial charge in [0.25, 0.3) is 0 Å². The lowest BCUT2D eigenvalue weighted by Gasteiger charge is -2.30. The van der Waals surface area contributed by atoms with Crippen LogP contribution in [0.4, 0.5) is 0 Å². The molecular formula is C15H11BrCl2O2. The lowest BCUT2D eigenvalue weighted by molar-refractivity contribution is 0.0657. The van der Waals surface area contributed by atoms with Crippen LogP contribution in [0.5, 0.6) is 5.75 Å². The molecule has 0 spiro atoms. The normalized spacial score (nSPS) is 21.2. The molecule has 2 aromatic carbocycles. The minimum Gasteiger partial charge on any atom is -0.485 e. The topological polar surface area (TPSA) is 29.5 Å². The molecule has 0 saturated heterocycles. The fraction of sp³-hybridized carbons (Fsp3) is 0.200. The third-order valence-electron chi connectivity index (χ3n) is 3.29. The highest BCUT2D eigenvalue weighted by molar-refractivity contribution is 9.10. The first-order chi connectivity index (χ1) is 9.52. The first kappa shape index (κ1) is 14.2. The summed E-state index contributed by atoms with van der Waals surface area (Å²) >= 11 is 15.4. The Balaban J connectivity index is 1.96. The van der Waals surface area contributed by atoms with Gasteiger partial charge in [-0.2, -0.15) is 0 Å². The van der Waals surface area contributed by atoms with Crippen molar-refractivity contribution in [2.24, 2.45) is 0 Å². The molecule has 1 aliphatic heterocycles. The number of ether oxygens (including phenoxy) is 1. The Morgan fingerprint density at radius 2 is 1.80 bits per heavy atom. The number of benzene rings is 2. The van der Waals surface area contributed by atoms with Crippen molar-refractivity contribution in [3.63, 3.8) is 0 Å². The van der Waals surface area contributed by atoms with Gasteiger partial charge in [0, 0.05) is 26.5 Å². The van der Waals surface area contributed by atoms with Crippen LogP contribution in [0.2, 0.25) is 10.0 Å². The third kappa shape index (κ3) is 2.82. The molecule has 0 aliphatic carbocycles. The Morgan fingerprint density at radius 1 is 1.10 bits per heavy atom. The molecule has 0 aromatic heterocycles. The van der Waals surface area contributed by atoms with E-state index >= 15 is 0 Å². The van der Waals surface area contributed by atoms with Gasteiger partial charge in [0.05, 0.1) is 6.10 Å². The molecule has 2 aromatic rings. The van der Waals surface area contributed by atoms with Gasteiger partial charge in [0.15, 0.2) is 0 Å². The van der Waals surface area contributed by atoms with Crippen molar-refractivity contribution in [2.75, 3.05) is 0 Å². The van der Waals surface area contributed by atoms with Crippen LogP contribution in [-0.4, -0.2) is 5.11 Å². The van der Waals surface area contributed by atoms with E-state index in [1.165, 1.54) is 0 Å². The SMILES string of the molecule is O[C@H]1CC(c2cc(Cl)cc(Cl)c2)Oc2ccc(Br)cc21. The van der Waals surface area contributed by atoms with Crippen molar-refractivity contribution >= 4 is 39.1 Å². The molecule has 0 saturated carbocycles. The zero-order valence-corrected chi connectivity index (χ0v) is 13.4. The summed E-state index contributed by atoms with van der Waals surface area (Å²) in [6.07, 6.45) is -0.353. The number of hydrogen-bond donors (Lipinski definition) is 1. The number of fused-ring (bicyclic) bond motifs is 1. The Kier molecular flexibility index (Phi) is 3.95. The number of halogens is 3. The summed E-state index contributed by atoms with van der Waals surface area (Å²) in [7, 11) is 0. The van der Waals surface area contributed by atoms with Crippen molar-refractivity contribution in [1.29, 1.82) is 0 Å². The van der Waals surface area contributed by atoms with Crippen molar-refractivity contribution in [1.82, 2.24) is 0 Å². The van der Waals surface area contributed by atoms with Crippen LogP contribution < -0.4 is 4.74 Å². The van der Waals surface area contributed by atoms with E-state index in [9.17, 15) is 5.11 Å². The number of hydrogen-bond acceptors (Lipinski definition) is 2. The lowest BCUT2D eigenvalue weighted by atomic mass is 9.95. The predicted molar refractivity (Wildman–Crippen MR) is 83.5 cm³/mol. The number of rotatable bonds is 1. The van der Waals surface area contributed by atoms with Gasteiger partial charge in [-0.05, 0) is 42.0 Å². The van der Waals surface area contributed by atoms with Crippen molar-refractivity contribution in [3.8, 4) is 5.75 Å². The zero-order chi connectivity index (χ0) is 14.3. The maximum Gasteiger partial charge on any atom is 0.127 e. The fourth-order valence-electron chi connectivity index (χ4n) is 2.38. The quantitative estimate of drug-likeness (QED) is 0.733. The van der Waals surface area contributed by atoms with Gasteiger partial charge in [-0.3, -0.25) is 0 Å². The summed E-state index contributed by atoms with van der Waals surface area (Å²) in [6, 6.07) is 10.9. The van der Waals surface area contributed by atoms with Gasteiger partial charge >= 0.3 is 0 Å². The molecule has 20 heavy (non-hydrogen) atoms. The maximum absolute atomic E-state index is 10.3. The predicted octanol–water partition coefficient (Wildman–Crippen LogP) is 5.31. The summed E-state index contributed by atoms with van der Waals surface area (Å²) in [5.41, 5.74) is 1.67. The molecule has 0 bridgehead atoms. The largest absolute Gasteiger partial charge is 0.485 e. The summed E-state index contributed by atoms with van der Waals surface area (Å²) in [5, 5.41) is 11.4. The van der Waals surface area contributed by atoms with Gasteiger partial charge in [0.2, 0.25) is 0 Å². The summed E-state index contributed by atoms with van der Waals surface area (Å²) in [5.74, 6) is 0.688. The molecule has 104 valence electrons. The second-order valence-corrected chi connectivity index (χ2v) is 6.53. The Hall–Kier alpha value is -0.740. The van der Waals surface area contributed by atoms with Crippen LogP contribution in [0.25, 0.3) is 0 Å². The highest BCUT2D eigenvalue weighted by atomic mass is 79.9. The highest BCUT2D eigenvalue weighted by Gasteiger charge is 2.28. The standard InChI is InChI=1S/C15H11BrCl2O2/c16-9-1-2-14-12(5-9)13(19)7-15(20-14)8-3-10(17)6-11(18)4-8/h1-6,13,15,19H,7H2/t13-,15?/m0/s1. The van der Waals surface area contributed by atoms with E-state index in [0.717, 1.165) is 15.6 Å². The Bertz CT molecular complexity index is 640. The first-order valence-corrected chi connectivity index (χ1v) is 7.68. The number of aliphatic hydroxyl groups is 1. The van der Waals surface area contributed by atoms with Crippen LogP contribution in [0.3, 0.4) is 0 Å². The highest BCUT2D eigenvalue weighted by Crippen LogP contribution is 2.42. The van der Waals surface area contributed by atoms with E-state index in [4.69, 9.17) is 27.9 Å². The van der Waals surface area contributed by atoms with E-state index in [1.54, 1.807) is 6.07 Å². The molecule has 0 amide bonds. The zero-order valence-electron chi connectivity index (χ0n) is 10.3. The van der Waals surface area contributed by atoms with Crippen molar-refractivity contribution < 1.29 is 9.84 Å². The molecule has 5 heteroatoms. The van der Waals surface area contributed by atoms with Crippen LogP contribution >= 0.6 is 39.1 Å². The van der Waals surface area contributed by atoms with Crippen LogP contribution in [0, 0.1) is 0 Å². The molecule has 3 rings (SSSR count). The summed E-state index contributed by atoms with van der Waals surface area (Å²) in [4.78, 5) is 0. The van der Waals surface area contributed by atoms with Gasteiger partial charge in [-0.1, -0.05) is 39.1 Å². The van der Waals surface area contributed by atoms with E-state index in [2.05, 4.69) is 15.9 Å². The Labute approximate surface area is 135 Å². The fourth-order valence-corrected chi connectivity index (χ4v) is 3.31. The third-order valence-corrected chi connectivity index (χ3v) is 4.22. The maximum atomic E-state index is 10.3. The molecule has 1 N–H and O–H groups in total. The molecule has 1 heterocycles. The molecule has 1 unspecified atom stereocenters. The molecule has 0 radical (unpaired) electrons. The van der Waals surface area contributed by atoms with E-state index in [1.807, 2.05) is 30.3 Å². The molecule has 2 atom stereocenters. The first-order valence-electron chi connectivity index (χ1n) is 6.13. The average molecular weight is 374 g/mol. The minimum atomic E-state index is -0.570. The van der Waals surface area contributed by atoms with Crippen LogP contribution in [0.15, 0.2) is 40.9 Å². The minimum absolute atomic E-state index is 0.255. The van der Waals surface area contributed by atoms with E-state index < -0.39 is 6.10 Å². The second kappa shape index (κ2) is 5.57. The number of aliphatic hydroxyl groups excluding tert-OH is 1. The van der Waals surface area contributed by atoms with Crippen molar-refractivity contribution in [2.45, 2.75) is 18.6 Å². The van der Waals surface area contributed by atoms with Gasteiger partial charge in [-0.15, -0.1) is 0 Å². The smallest absolute Gasteiger partial charge is 0.127 e. The molecule has 0 fully saturated rings. The van der Waals surface area contributed by atoms with E-state index in [-0.39, 0.29) is 6.10 Å². The monoisotopic (exact) mass is 372 g/mol.